The fraction of sp³-hybridized carbons (Fsp3) is 0.263. The number of benzene rings is 2. The number of hydrogen-bond donors (Lipinski definition) is 2. The third-order valence-corrected chi connectivity index (χ3v) is 3.42. The van der Waals surface area contributed by atoms with Crippen LogP contribution < -0.4 is 10.6 Å². The number of alkyl carbamates (subject to hydrolysis) is 1. The molecule has 0 fully saturated rings. The lowest BCUT2D eigenvalue weighted by Crippen LogP contribution is -2.40. The number of rotatable bonds is 4. The van der Waals surface area contributed by atoms with Gasteiger partial charge in [-0.3, -0.25) is 4.79 Å². The van der Waals surface area contributed by atoms with Crippen molar-refractivity contribution in [3.05, 3.63) is 65.2 Å². The molecule has 0 bridgehead atoms. The van der Waals surface area contributed by atoms with Gasteiger partial charge in [0.2, 0.25) is 0 Å². The first-order chi connectivity index (χ1) is 11.7. The molecule has 0 spiro atoms. The Balaban J connectivity index is 2.17. The maximum absolute atomic E-state index is 12.7. The third kappa shape index (κ3) is 6.12. The van der Waals surface area contributed by atoms with E-state index in [1.54, 1.807) is 69.3 Å². The normalized spacial score (nSPS) is 12.2. The summed E-state index contributed by atoms with van der Waals surface area (Å²) in [7, 11) is 0. The van der Waals surface area contributed by atoms with Crippen molar-refractivity contribution < 1.29 is 14.3 Å². The average Bonchev–Trinajstić information content (AvgIpc) is 2.54. The molecule has 5 nitrogen and oxygen atoms in total. The van der Waals surface area contributed by atoms with Gasteiger partial charge >= 0.3 is 6.09 Å². The van der Waals surface area contributed by atoms with Crippen molar-refractivity contribution in [2.24, 2.45) is 0 Å². The summed E-state index contributed by atoms with van der Waals surface area (Å²) in [5.74, 6) is -0.376. The molecule has 0 aliphatic heterocycles. The van der Waals surface area contributed by atoms with Crippen molar-refractivity contribution in [3.63, 3.8) is 0 Å². The van der Waals surface area contributed by atoms with Gasteiger partial charge in [0.15, 0.2) is 0 Å². The van der Waals surface area contributed by atoms with Crippen LogP contribution in [-0.2, 0) is 9.53 Å². The molecule has 0 aliphatic rings. The first-order valence-corrected chi connectivity index (χ1v) is 8.23. The number of hydrogen-bond acceptors (Lipinski definition) is 3. The quantitative estimate of drug-likeness (QED) is 0.840. The Morgan fingerprint density at radius 2 is 1.60 bits per heavy atom. The van der Waals surface area contributed by atoms with Gasteiger partial charge in [-0.25, -0.2) is 4.79 Å². The summed E-state index contributed by atoms with van der Waals surface area (Å²) >= 11 is 5.85. The largest absolute Gasteiger partial charge is 0.444 e. The van der Waals surface area contributed by atoms with Gasteiger partial charge < -0.3 is 15.4 Å². The maximum Gasteiger partial charge on any atom is 0.408 e. The molecule has 0 radical (unpaired) electrons. The average molecular weight is 361 g/mol. The summed E-state index contributed by atoms with van der Waals surface area (Å²) in [6.07, 6.45) is -0.660. The van der Waals surface area contributed by atoms with Crippen molar-refractivity contribution in [2.45, 2.75) is 32.4 Å². The summed E-state index contributed by atoms with van der Waals surface area (Å²) in [4.78, 5) is 24.8. The van der Waals surface area contributed by atoms with Crippen molar-refractivity contribution in [1.82, 2.24) is 5.32 Å². The molecule has 0 aromatic heterocycles. The highest BCUT2D eigenvalue weighted by Gasteiger charge is 2.25. The molecule has 1 atom stereocenters. The zero-order chi connectivity index (χ0) is 18.4. The van der Waals surface area contributed by atoms with E-state index in [9.17, 15) is 9.59 Å². The number of carbonyl (C=O) groups excluding carboxylic acids is 2. The van der Waals surface area contributed by atoms with Crippen molar-refractivity contribution in [1.29, 1.82) is 0 Å². The third-order valence-electron chi connectivity index (χ3n) is 3.17. The van der Waals surface area contributed by atoms with Crippen LogP contribution in [0.4, 0.5) is 10.5 Å². The van der Waals surface area contributed by atoms with E-state index < -0.39 is 17.7 Å². The summed E-state index contributed by atoms with van der Waals surface area (Å²) < 4.78 is 5.26. The zero-order valence-electron chi connectivity index (χ0n) is 14.4. The van der Waals surface area contributed by atoms with E-state index >= 15 is 0 Å². The highest BCUT2D eigenvalue weighted by atomic mass is 35.5. The molecule has 2 N–H and O–H groups in total. The number of amides is 2. The highest BCUT2D eigenvalue weighted by Crippen LogP contribution is 2.19. The molecule has 2 rings (SSSR count). The van der Waals surface area contributed by atoms with Crippen LogP contribution in [0.1, 0.15) is 32.4 Å². The van der Waals surface area contributed by atoms with Gasteiger partial charge in [0.1, 0.15) is 11.6 Å². The van der Waals surface area contributed by atoms with Gasteiger partial charge in [0.05, 0.1) is 0 Å². The monoisotopic (exact) mass is 360 g/mol. The number of anilines is 1. The molecular weight excluding hydrogens is 340 g/mol. The van der Waals surface area contributed by atoms with E-state index in [0.29, 0.717) is 16.3 Å². The van der Waals surface area contributed by atoms with Crippen molar-refractivity contribution in [3.8, 4) is 0 Å². The Morgan fingerprint density at radius 3 is 2.16 bits per heavy atom. The lowest BCUT2D eigenvalue weighted by Gasteiger charge is -2.23. The molecule has 2 aromatic carbocycles. The molecule has 0 aliphatic carbocycles. The summed E-state index contributed by atoms with van der Waals surface area (Å²) in [6, 6.07) is 14.8. The summed E-state index contributed by atoms with van der Waals surface area (Å²) in [6.45, 7) is 5.29. The van der Waals surface area contributed by atoms with Crippen LogP contribution in [0.3, 0.4) is 0 Å². The van der Waals surface area contributed by atoms with Gasteiger partial charge in [-0.05, 0) is 50.6 Å². The van der Waals surface area contributed by atoms with E-state index in [4.69, 9.17) is 16.3 Å². The second-order valence-electron chi connectivity index (χ2n) is 6.49. The van der Waals surface area contributed by atoms with E-state index in [1.807, 2.05) is 6.07 Å². The number of halogens is 1. The van der Waals surface area contributed by atoms with Crippen LogP contribution in [0, 0.1) is 0 Å². The fourth-order valence-corrected chi connectivity index (χ4v) is 2.24. The molecule has 2 aromatic rings. The summed E-state index contributed by atoms with van der Waals surface area (Å²) in [5.41, 5.74) is 0.582. The highest BCUT2D eigenvalue weighted by molar-refractivity contribution is 6.30. The van der Waals surface area contributed by atoms with Gasteiger partial charge in [-0.1, -0.05) is 41.9 Å². The Bertz CT molecular complexity index is 725. The summed E-state index contributed by atoms with van der Waals surface area (Å²) in [5, 5.41) is 5.96. The van der Waals surface area contributed by atoms with Gasteiger partial charge in [-0.15, -0.1) is 0 Å². The topological polar surface area (TPSA) is 67.4 Å². The van der Waals surface area contributed by atoms with Crippen LogP contribution in [0.25, 0.3) is 0 Å². The molecule has 0 saturated heterocycles. The molecule has 0 heterocycles. The predicted molar refractivity (Wildman–Crippen MR) is 98.6 cm³/mol. The van der Waals surface area contributed by atoms with E-state index in [0.717, 1.165) is 0 Å². The molecule has 6 heteroatoms. The van der Waals surface area contributed by atoms with Crippen LogP contribution >= 0.6 is 11.6 Å². The fourth-order valence-electron chi connectivity index (χ4n) is 2.12. The predicted octanol–water partition coefficient (Wildman–Crippen LogP) is 4.54. The lowest BCUT2D eigenvalue weighted by molar-refractivity contribution is -0.118. The van der Waals surface area contributed by atoms with E-state index in [-0.39, 0.29) is 5.91 Å². The van der Waals surface area contributed by atoms with E-state index in [1.165, 1.54) is 0 Å². The van der Waals surface area contributed by atoms with Crippen LogP contribution in [0.2, 0.25) is 5.02 Å². The second kappa shape index (κ2) is 8.03. The Hall–Kier alpha value is -2.53. The Morgan fingerprint density at radius 1 is 1.00 bits per heavy atom. The molecule has 2 amide bonds. The minimum Gasteiger partial charge on any atom is -0.444 e. The van der Waals surface area contributed by atoms with Gasteiger partial charge in [0, 0.05) is 10.7 Å². The Kier molecular flexibility index (Phi) is 6.04. The SMILES string of the molecule is CC(C)(C)OC(=O)N[C@@H](C(=O)Nc1ccc(Cl)cc1)c1ccccc1. The standard InChI is InChI=1S/C19H21ClN2O3/c1-19(2,3)25-18(24)22-16(13-7-5-4-6-8-13)17(23)21-15-11-9-14(20)10-12-15/h4-12,16H,1-3H3,(H,21,23)(H,22,24)/t16-/m1/s1. The molecular formula is C19H21ClN2O3. The zero-order valence-corrected chi connectivity index (χ0v) is 15.1. The number of carbonyl (C=O) groups is 2. The molecule has 0 unspecified atom stereocenters. The van der Waals surface area contributed by atoms with Crippen LogP contribution in [0.5, 0.6) is 0 Å². The molecule has 132 valence electrons. The minimum absolute atomic E-state index is 0.376. The molecule has 0 saturated carbocycles. The minimum atomic E-state index is -0.883. The Labute approximate surface area is 152 Å². The molecule has 25 heavy (non-hydrogen) atoms. The van der Waals surface area contributed by atoms with Gasteiger partial charge in [-0.2, -0.15) is 0 Å². The lowest BCUT2D eigenvalue weighted by atomic mass is 10.1. The van der Waals surface area contributed by atoms with Crippen LogP contribution in [0.15, 0.2) is 54.6 Å². The van der Waals surface area contributed by atoms with Crippen molar-refractivity contribution >= 4 is 29.3 Å². The first kappa shape index (κ1) is 18.8. The van der Waals surface area contributed by atoms with E-state index in [2.05, 4.69) is 10.6 Å². The smallest absolute Gasteiger partial charge is 0.408 e. The maximum atomic E-state index is 12.7. The second-order valence-corrected chi connectivity index (χ2v) is 6.92. The van der Waals surface area contributed by atoms with Gasteiger partial charge in [0.25, 0.3) is 5.91 Å². The number of ether oxygens (including phenoxy) is 1. The van der Waals surface area contributed by atoms with Crippen LogP contribution in [-0.4, -0.2) is 17.6 Å². The van der Waals surface area contributed by atoms with Crippen molar-refractivity contribution in [2.75, 3.05) is 5.32 Å². The number of nitrogens with one attached hydrogen (secondary N) is 2. The first-order valence-electron chi connectivity index (χ1n) is 7.85.